The fraction of sp³-hybridized carbons (Fsp3) is 0.294. The van der Waals surface area contributed by atoms with Gasteiger partial charge in [0.1, 0.15) is 5.82 Å². The van der Waals surface area contributed by atoms with Gasteiger partial charge in [-0.3, -0.25) is 9.59 Å². The van der Waals surface area contributed by atoms with Crippen LogP contribution in [0.3, 0.4) is 0 Å². The number of aliphatic carboxylic acids is 1. The highest BCUT2D eigenvalue weighted by Crippen LogP contribution is 2.43. The quantitative estimate of drug-likeness (QED) is 0.123. The molecule has 2 unspecified atom stereocenters. The number of carboxylic acids is 1. The highest BCUT2D eigenvalue weighted by atomic mass is 19.4. The summed E-state index contributed by atoms with van der Waals surface area (Å²) in [5.41, 5.74) is 1.91. The minimum atomic E-state index is -4.58. The van der Waals surface area contributed by atoms with Crippen molar-refractivity contribution in [1.29, 1.82) is 0 Å². The van der Waals surface area contributed by atoms with Crippen molar-refractivity contribution in [3.63, 3.8) is 0 Å². The number of aliphatic hydroxyl groups excluding tert-OH is 2. The standard InChI is InChI=1S/C34H34F4N2O5/c1-20(2)31-30(33(45)39-25-6-4-3-5-7-25)29(21-8-12-23(13-9-21)34(36,37)38)32(22-10-14-24(35)15-11-22)40(31)17-16-26(41)18-27(42)19-28(43)44/h3-15,20,26-27,41-42H,16-19H2,1-2H3,(H,39,45)(H,43,44). The molecule has 0 fully saturated rings. The number of amides is 1. The van der Waals surface area contributed by atoms with E-state index in [2.05, 4.69) is 5.32 Å². The molecule has 1 amide bonds. The molecule has 4 aromatic rings. The van der Waals surface area contributed by atoms with E-state index in [4.69, 9.17) is 5.11 Å². The molecule has 0 saturated carbocycles. The Morgan fingerprint density at radius 2 is 1.47 bits per heavy atom. The Morgan fingerprint density at radius 1 is 0.867 bits per heavy atom. The van der Waals surface area contributed by atoms with E-state index in [0.29, 0.717) is 33.8 Å². The normalized spacial score (nSPS) is 13.1. The van der Waals surface area contributed by atoms with Crippen molar-refractivity contribution in [2.45, 2.75) is 64.0 Å². The number of rotatable bonds is 12. The number of benzene rings is 3. The number of carbonyl (C=O) groups is 2. The largest absolute Gasteiger partial charge is 0.481 e. The molecule has 45 heavy (non-hydrogen) atoms. The van der Waals surface area contributed by atoms with Crippen molar-refractivity contribution in [2.75, 3.05) is 5.32 Å². The molecular weight excluding hydrogens is 592 g/mol. The molecule has 11 heteroatoms. The molecule has 0 bridgehead atoms. The molecule has 238 valence electrons. The van der Waals surface area contributed by atoms with Gasteiger partial charge in [0.15, 0.2) is 0 Å². The maximum atomic E-state index is 14.1. The van der Waals surface area contributed by atoms with Crippen LogP contribution in [0.2, 0.25) is 0 Å². The lowest BCUT2D eigenvalue weighted by molar-refractivity contribution is -0.139. The number of nitrogens with one attached hydrogen (secondary N) is 1. The van der Waals surface area contributed by atoms with E-state index in [0.717, 1.165) is 12.1 Å². The van der Waals surface area contributed by atoms with Crippen LogP contribution in [0.25, 0.3) is 22.4 Å². The predicted octanol–water partition coefficient (Wildman–Crippen LogP) is 7.33. The third kappa shape index (κ3) is 8.17. The van der Waals surface area contributed by atoms with Crippen LogP contribution < -0.4 is 5.32 Å². The Morgan fingerprint density at radius 3 is 2.02 bits per heavy atom. The first-order chi connectivity index (χ1) is 21.3. The van der Waals surface area contributed by atoms with Crippen LogP contribution in [0, 0.1) is 5.82 Å². The van der Waals surface area contributed by atoms with E-state index in [1.807, 2.05) is 13.8 Å². The average molecular weight is 627 g/mol. The van der Waals surface area contributed by atoms with Gasteiger partial charge >= 0.3 is 12.1 Å². The summed E-state index contributed by atoms with van der Waals surface area (Å²) in [7, 11) is 0. The maximum Gasteiger partial charge on any atom is 0.416 e. The summed E-state index contributed by atoms with van der Waals surface area (Å²) in [5.74, 6) is -2.55. The number of alkyl halides is 3. The second kappa shape index (κ2) is 14.1. The fourth-order valence-electron chi connectivity index (χ4n) is 5.42. The second-order valence-corrected chi connectivity index (χ2v) is 11.1. The van der Waals surface area contributed by atoms with Crippen LogP contribution in [-0.4, -0.2) is 44.0 Å². The van der Waals surface area contributed by atoms with Crippen molar-refractivity contribution in [3.05, 3.63) is 102 Å². The molecule has 1 heterocycles. The third-order valence-electron chi connectivity index (χ3n) is 7.37. The zero-order chi connectivity index (χ0) is 32.9. The van der Waals surface area contributed by atoms with E-state index in [9.17, 15) is 37.4 Å². The van der Waals surface area contributed by atoms with E-state index < -0.39 is 48.1 Å². The molecule has 3 aromatic carbocycles. The fourth-order valence-corrected chi connectivity index (χ4v) is 5.42. The molecule has 0 radical (unpaired) electrons. The highest BCUT2D eigenvalue weighted by Gasteiger charge is 2.33. The summed E-state index contributed by atoms with van der Waals surface area (Å²) in [6.07, 6.45) is -7.67. The predicted molar refractivity (Wildman–Crippen MR) is 162 cm³/mol. The first kappa shape index (κ1) is 33.4. The van der Waals surface area contributed by atoms with Gasteiger partial charge in [0, 0.05) is 23.5 Å². The van der Waals surface area contributed by atoms with Gasteiger partial charge in [0.2, 0.25) is 0 Å². The van der Waals surface area contributed by atoms with Gasteiger partial charge in [0.25, 0.3) is 5.91 Å². The van der Waals surface area contributed by atoms with E-state index in [1.165, 1.54) is 36.4 Å². The molecule has 4 N–H and O–H groups in total. The Balaban J connectivity index is 1.94. The average Bonchev–Trinajstić information content (AvgIpc) is 3.32. The van der Waals surface area contributed by atoms with Gasteiger partial charge in [0.05, 0.1) is 35.4 Å². The zero-order valence-corrected chi connectivity index (χ0v) is 24.7. The minimum absolute atomic E-state index is 0.0471. The molecule has 0 spiro atoms. The molecular formula is C34H34F4N2O5. The maximum absolute atomic E-state index is 14.1. The van der Waals surface area contributed by atoms with Crippen LogP contribution in [0.4, 0.5) is 23.2 Å². The summed E-state index contributed by atoms with van der Waals surface area (Å²) in [6, 6.07) is 18.6. The summed E-state index contributed by atoms with van der Waals surface area (Å²) in [6.45, 7) is 3.79. The van der Waals surface area contributed by atoms with Gasteiger partial charge < -0.3 is 25.2 Å². The highest BCUT2D eigenvalue weighted by molar-refractivity contribution is 6.12. The topological polar surface area (TPSA) is 112 Å². The smallest absolute Gasteiger partial charge is 0.416 e. The molecule has 7 nitrogen and oxygen atoms in total. The first-order valence-electron chi connectivity index (χ1n) is 14.4. The van der Waals surface area contributed by atoms with Crippen molar-refractivity contribution in [2.24, 2.45) is 0 Å². The number of carboxylic acid groups (broad SMARTS) is 1. The number of halogens is 4. The Hall–Kier alpha value is -4.48. The van der Waals surface area contributed by atoms with Crippen molar-refractivity contribution >= 4 is 17.6 Å². The number of aliphatic hydroxyl groups is 2. The molecule has 4 rings (SSSR count). The van der Waals surface area contributed by atoms with Crippen LogP contribution in [0.15, 0.2) is 78.9 Å². The summed E-state index contributed by atoms with van der Waals surface area (Å²) in [5, 5.41) is 32.6. The van der Waals surface area contributed by atoms with Crippen LogP contribution >= 0.6 is 0 Å². The number of nitrogens with zero attached hydrogens (tertiary/aromatic N) is 1. The summed E-state index contributed by atoms with van der Waals surface area (Å²) < 4.78 is 56.3. The third-order valence-corrected chi connectivity index (χ3v) is 7.37. The second-order valence-electron chi connectivity index (χ2n) is 11.1. The summed E-state index contributed by atoms with van der Waals surface area (Å²) in [4.78, 5) is 25.1. The monoisotopic (exact) mass is 626 g/mol. The van der Waals surface area contributed by atoms with Crippen molar-refractivity contribution in [1.82, 2.24) is 4.57 Å². The number of para-hydroxylation sites is 1. The minimum Gasteiger partial charge on any atom is -0.481 e. The zero-order valence-electron chi connectivity index (χ0n) is 24.7. The lowest BCUT2D eigenvalue weighted by atomic mass is 9.93. The molecule has 0 saturated heterocycles. The molecule has 0 aliphatic heterocycles. The molecule has 2 atom stereocenters. The first-order valence-corrected chi connectivity index (χ1v) is 14.4. The number of carbonyl (C=O) groups excluding carboxylic acids is 1. The van der Waals surface area contributed by atoms with Gasteiger partial charge in [-0.25, -0.2) is 4.39 Å². The van der Waals surface area contributed by atoms with Gasteiger partial charge in [-0.2, -0.15) is 13.2 Å². The number of aromatic nitrogens is 1. The van der Waals surface area contributed by atoms with Crippen LogP contribution in [0.1, 0.15) is 60.6 Å². The lowest BCUT2D eigenvalue weighted by Crippen LogP contribution is -2.22. The molecule has 0 aliphatic carbocycles. The molecule has 1 aromatic heterocycles. The Kier molecular flexibility index (Phi) is 10.5. The van der Waals surface area contributed by atoms with E-state index in [1.54, 1.807) is 34.9 Å². The number of anilines is 1. The lowest BCUT2D eigenvalue weighted by Gasteiger charge is -2.20. The Bertz CT molecular complexity index is 1620. The SMILES string of the molecule is CC(C)c1c(C(=O)Nc2ccccc2)c(-c2ccc(C(F)(F)F)cc2)c(-c2ccc(F)cc2)n1CCC(O)CC(O)CC(=O)O. The number of hydrogen-bond donors (Lipinski definition) is 4. The van der Waals surface area contributed by atoms with E-state index in [-0.39, 0.29) is 30.9 Å². The van der Waals surface area contributed by atoms with Gasteiger partial charge in [-0.05, 0) is 78.4 Å². The van der Waals surface area contributed by atoms with Crippen molar-refractivity contribution in [3.8, 4) is 22.4 Å². The molecule has 0 aliphatic rings. The Labute approximate surface area is 257 Å². The van der Waals surface area contributed by atoms with Crippen LogP contribution in [-0.2, 0) is 17.5 Å². The van der Waals surface area contributed by atoms with Gasteiger partial charge in [-0.1, -0.05) is 44.2 Å². The van der Waals surface area contributed by atoms with Crippen LogP contribution in [0.5, 0.6) is 0 Å². The summed E-state index contributed by atoms with van der Waals surface area (Å²) >= 11 is 0. The van der Waals surface area contributed by atoms with Gasteiger partial charge in [-0.15, -0.1) is 0 Å². The van der Waals surface area contributed by atoms with Crippen molar-refractivity contribution < 1.29 is 42.5 Å². The number of hydrogen-bond acceptors (Lipinski definition) is 4. The van der Waals surface area contributed by atoms with E-state index >= 15 is 0 Å².